The highest BCUT2D eigenvalue weighted by Crippen LogP contribution is 2.32. The van der Waals surface area contributed by atoms with Crippen LogP contribution in [-0.2, 0) is 54.5 Å². The summed E-state index contributed by atoms with van der Waals surface area (Å²) < 4.78 is 2.39. The number of nitrogens with two attached hydrogens (primary N) is 9. The molecule has 0 saturated carbocycles. The van der Waals surface area contributed by atoms with Crippen molar-refractivity contribution in [3.63, 3.8) is 0 Å². The molecule has 43 N–H and O–H groups in total. The number of nitrogens with one attached hydrogen (secondary N) is 25. The van der Waals surface area contributed by atoms with Crippen molar-refractivity contribution in [1.29, 1.82) is 37.9 Å². The predicted octanol–water partition coefficient (Wildman–Crippen LogP) is -5.44. The number of unbranched alkanes of at least 4 members (excludes halogenated alkanes) is 5. The molecule has 10 amide bonds. The minimum absolute atomic E-state index is 0.00760. The summed E-state index contributed by atoms with van der Waals surface area (Å²) in [6.45, 7) is 1.96. The van der Waals surface area contributed by atoms with Gasteiger partial charge in [0.2, 0.25) is 59.1 Å². The van der Waals surface area contributed by atoms with Gasteiger partial charge in [0.25, 0.3) is 5.56 Å². The highest BCUT2D eigenvalue weighted by molar-refractivity contribution is 9.10. The number of carbonyl (C=O) groups excluding carboxylic acids is 10. The SMILES string of the molecule is N=C(N)NCCCC(NC(=O)[C@@H](CCCNC(=N)N)NC(=O)CCCCCNC(=O)[C@@H](CCCNC(=N)N)NC(=O)CCCCCNCc1nc2c(sc3ccc(Br)cc32)c(=O)[nH]1)C(=O)N[C@H](CCCNC(=N)N)C(=O)NC(CCCNC(=N)N)C(=O)N[C@H](CCCNC(=N)N)C(=O)NC(CCCNC(=N)N)C(=O)N[C@H](CCCCN)C(N)=O. The summed E-state index contributed by atoms with van der Waals surface area (Å²) in [7, 11) is 0. The van der Waals surface area contributed by atoms with Crippen molar-refractivity contribution >= 4 is 148 Å². The fourth-order valence-corrected chi connectivity index (χ4v) is 13.5. The molecule has 8 atom stereocenters. The summed E-state index contributed by atoms with van der Waals surface area (Å²) in [4.78, 5) is 161. The van der Waals surface area contributed by atoms with E-state index in [-0.39, 0.29) is 184 Å². The molecule has 48 heteroatoms. The van der Waals surface area contributed by atoms with Crippen LogP contribution in [0.1, 0.15) is 166 Å². The van der Waals surface area contributed by atoms with Crippen LogP contribution in [0.3, 0.4) is 0 Å². The van der Waals surface area contributed by atoms with Crippen molar-refractivity contribution in [2.75, 3.05) is 65.4 Å². The molecule has 46 nitrogen and oxygen atoms in total. The van der Waals surface area contributed by atoms with Gasteiger partial charge in [0, 0.05) is 79.8 Å². The molecular formula is C71H126BrN35O11S. The van der Waals surface area contributed by atoms with Crippen LogP contribution in [0.15, 0.2) is 27.5 Å². The number of rotatable bonds is 62. The van der Waals surface area contributed by atoms with Gasteiger partial charge in [-0.25, -0.2) is 4.98 Å². The first-order chi connectivity index (χ1) is 56.7. The van der Waals surface area contributed by atoms with Gasteiger partial charge in [-0.05, 0) is 166 Å². The van der Waals surface area contributed by atoms with Gasteiger partial charge in [-0.2, -0.15) is 0 Å². The lowest BCUT2D eigenvalue weighted by atomic mass is 10.0. The second-order valence-corrected chi connectivity index (χ2v) is 30.2. The number of hydrogen-bond acceptors (Lipinski definition) is 22. The average molecular weight is 1760 g/mol. The smallest absolute Gasteiger partial charge is 0.268 e. The van der Waals surface area contributed by atoms with Gasteiger partial charge in [-0.3, -0.25) is 90.6 Å². The molecule has 119 heavy (non-hydrogen) atoms. The third kappa shape index (κ3) is 43.9. The quantitative estimate of drug-likeness (QED) is 0.0142. The Balaban J connectivity index is 1.81. The average Bonchev–Trinajstić information content (AvgIpc) is 1.62. The van der Waals surface area contributed by atoms with Crippen LogP contribution in [0.5, 0.6) is 0 Å². The van der Waals surface area contributed by atoms with E-state index in [1.54, 1.807) is 0 Å². The van der Waals surface area contributed by atoms with Crippen molar-refractivity contribution in [2.24, 2.45) is 51.6 Å². The lowest BCUT2D eigenvalue weighted by Crippen LogP contribution is -2.60. The number of carbonyl (C=O) groups is 10. The molecule has 664 valence electrons. The Bertz CT molecular complexity index is 3920. The zero-order valence-electron chi connectivity index (χ0n) is 67.2. The van der Waals surface area contributed by atoms with Crippen LogP contribution < -0.4 is 148 Å². The van der Waals surface area contributed by atoms with E-state index in [4.69, 9.17) is 94.5 Å². The molecule has 0 bridgehead atoms. The minimum Gasteiger partial charge on any atom is -0.370 e. The second kappa shape index (κ2) is 57.4. The number of guanidine groups is 7. The molecule has 2 aromatic heterocycles. The lowest BCUT2D eigenvalue weighted by molar-refractivity contribution is -0.136. The summed E-state index contributed by atoms with van der Waals surface area (Å²) >= 11 is 4.88. The van der Waals surface area contributed by atoms with Crippen LogP contribution in [0, 0.1) is 37.9 Å². The molecule has 3 unspecified atom stereocenters. The molecule has 0 aliphatic carbocycles. The number of thiophene rings is 1. The van der Waals surface area contributed by atoms with Crippen LogP contribution in [0.25, 0.3) is 20.3 Å². The fraction of sp³-hybridized carbons (Fsp3) is 0.620. The van der Waals surface area contributed by atoms with Gasteiger partial charge >= 0.3 is 0 Å². The van der Waals surface area contributed by atoms with E-state index in [0.717, 1.165) is 21.0 Å². The third-order valence-electron chi connectivity index (χ3n) is 18.2. The maximum Gasteiger partial charge on any atom is 0.268 e. The highest BCUT2D eigenvalue weighted by atomic mass is 79.9. The van der Waals surface area contributed by atoms with E-state index in [1.807, 2.05) is 18.2 Å². The number of hydrogen-bond donors (Lipinski definition) is 34. The fourth-order valence-electron chi connectivity index (χ4n) is 12.1. The van der Waals surface area contributed by atoms with Crippen molar-refractivity contribution in [3.05, 3.63) is 38.9 Å². The van der Waals surface area contributed by atoms with Gasteiger partial charge in [0.15, 0.2) is 41.7 Å². The molecule has 2 heterocycles. The second-order valence-electron chi connectivity index (χ2n) is 28.2. The van der Waals surface area contributed by atoms with E-state index in [0.29, 0.717) is 87.0 Å². The first kappa shape index (κ1) is 102. The number of amides is 10. The van der Waals surface area contributed by atoms with Gasteiger partial charge in [0.05, 0.1) is 12.1 Å². The lowest BCUT2D eigenvalue weighted by Gasteiger charge is -2.28. The normalized spacial score (nSPS) is 13.0. The van der Waals surface area contributed by atoms with Crippen molar-refractivity contribution < 1.29 is 47.9 Å². The van der Waals surface area contributed by atoms with Gasteiger partial charge < -0.3 is 147 Å². The summed E-state index contributed by atoms with van der Waals surface area (Å²) in [6, 6.07) is -4.94. The number of fused-ring (bicyclic) bond motifs is 3. The monoisotopic (exact) mass is 1760 g/mol. The topological polar surface area (TPSA) is 822 Å². The maximum absolute atomic E-state index is 14.8. The summed E-state index contributed by atoms with van der Waals surface area (Å²) in [5.74, 6) is -9.64. The first-order valence-electron chi connectivity index (χ1n) is 39.7. The number of aromatic nitrogens is 2. The third-order valence-corrected chi connectivity index (χ3v) is 19.9. The Morgan fingerprint density at radius 1 is 0.378 bits per heavy atom. The molecule has 1 aromatic carbocycles. The summed E-state index contributed by atoms with van der Waals surface area (Å²) in [6.07, 6.45) is 4.62. The molecule has 3 aromatic rings. The van der Waals surface area contributed by atoms with Crippen molar-refractivity contribution in [1.82, 2.24) is 100 Å². The molecule has 0 radical (unpaired) electrons. The molecular weight excluding hydrogens is 1630 g/mol. The Kier molecular flexibility index (Phi) is 49.0. The van der Waals surface area contributed by atoms with E-state index in [9.17, 15) is 52.7 Å². The van der Waals surface area contributed by atoms with E-state index in [2.05, 4.69) is 111 Å². The van der Waals surface area contributed by atoms with Crippen LogP contribution in [0.2, 0.25) is 0 Å². The van der Waals surface area contributed by atoms with Crippen molar-refractivity contribution in [3.8, 4) is 0 Å². The van der Waals surface area contributed by atoms with Gasteiger partial charge in [-0.15, -0.1) is 11.3 Å². The number of primary amides is 1. The van der Waals surface area contributed by atoms with Crippen LogP contribution in [0.4, 0.5) is 0 Å². The number of aromatic amines is 1. The van der Waals surface area contributed by atoms with Crippen LogP contribution >= 0.6 is 27.3 Å². The van der Waals surface area contributed by atoms with E-state index < -0.39 is 125 Å². The summed E-state index contributed by atoms with van der Waals surface area (Å²) in [5.41, 5.74) is 50.5. The molecule has 0 spiro atoms. The molecule has 0 aliphatic heterocycles. The zero-order chi connectivity index (χ0) is 88.2. The van der Waals surface area contributed by atoms with Crippen LogP contribution in [-0.4, -0.2) is 225 Å². The van der Waals surface area contributed by atoms with E-state index >= 15 is 0 Å². The number of nitrogens with zero attached hydrogens (tertiary/aromatic N) is 1. The standard InChI is InChI=1S/C71H126BrN35O11S/c72-40-26-27-50-41(38-40)54-55(119-50)64(118)107-51(106-54)39-89-29-7-1-3-24-52(108)98-43(17-9-31-91-65(75)76)57(111)90-30-8-2-4-25-53(109)99-44(18-10-32-92-66(77)78)58(112)101-46(20-12-34-94-68(81)82)60(114)103-48(22-14-36-96-70(85)86)62(116)105-49(23-15-37-97-71(87)88)63(117)104-47(21-13-35-95-69(83)84)61(115)102-45(19-11-33-93-67(79)80)59(113)100-42(56(74)110)16-5-6-28-73/h26-27,38,42-49,89H,1-25,28-37,39,73H2,(H2,74,110)(H,90,111)(H,98,108)(H,99,109)(H,100,113)(H,101,112)(H,102,115)(H,103,114)(H,104,117)(H,105,116)(H4,75,76,91)(H4,77,78,92)(H4,79,80,93)(H4,81,82,94)(H4,83,84,95)(H4,85,86,96)(H4,87,88,97)(H,106,107,118)/t42-,43-,44-,45?,46?,47-,48-,49?/m1/s1. The molecule has 0 saturated heterocycles. The Morgan fingerprint density at radius 2 is 0.689 bits per heavy atom. The van der Waals surface area contributed by atoms with Gasteiger partial charge in [-0.1, -0.05) is 28.8 Å². The molecule has 0 aliphatic rings. The largest absolute Gasteiger partial charge is 0.370 e. The van der Waals surface area contributed by atoms with Gasteiger partial charge in [0.1, 0.15) is 58.9 Å². The minimum atomic E-state index is -1.53. The predicted molar refractivity (Wildman–Crippen MR) is 459 cm³/mol. The first-order valence-corrected chi connectivity index (χ1v) is 41.3. The Morgan fingerprint density at radius 3 is 1.03 bits per heavy atom. The number of H-pyrrole nitrogens is 1. The number of benzene rings is 1. The molecule has 0 fully saturated rings. The summed E-state index contributed by atoms with van der Waals surface area (Å²) in [5, 5.41) is 101. The Hall–Kier alpha value is -11.7. The number of halogens is 1. The van der Waals surface area contributed by atoms with Crippen molar-refractivity contribution in [2.45, 2.75) is 215 Å². The Labute approximate surface area is 702 Å². The zero-order valence-corrected chi connectivity index (χ0v) is 69.6. The maximum atomic E-state index is 14.8. The molecule has 3 rings (SSSR count). The highest BCUT2D eigenvalue weighted by Gasteiger charge is 2.35. The van der Waals surface area contributed by atoms with E-state index in [1.165, 1.54) is 11.3 Å².